The predicted octanol–water partition coefficient (Wildman–Crippen LogP) is 0.941. The predicted molar refractivity (Wildman–Crippen MR) is 88.4 cm³/mol. The first-order valence-corrected chi connectivity index (χ1v) is 9.01. The highest BCUT2D eigenvalue weighted by molar-refractivity contribution is 7.09. The lowest BCUT2D eigenvalue weighted by atomic mass is 10.2. The van der Waals surface area contributed by atoms with Crippen LogP contribution in [0.5, 0.6) is 0 Å². The molecule has 0 spiro atoms. The number of aliphatic carboxylic acids is 1. The van der Waals surface area contributed by atoms with Crippen LogP contribution in [0.3, 0.4) is 0 Å². The Labute approximate surface area is 140 Å². The maximum Gasteiger partial charge on any atom is 0.320 e. The lowest BCUT2D eigenvalue weighted by molar-refractivity contribution is -0.143. The van der Waals surface area contributed by atoms with Gasteiger partial charge in [0.2, 0.25) is 5.91 Å². The number of rotatable bonds is 5. The molecule has 3 rings (SSSR count). The number of likely N-dealkylation sites (tertiary alicyclic amines) is 1. The Bertz CT molecular complexity index is 541. The summed E-state index contributed by atoms with van der Waals surface area (Å²) in [6.45, 7) is 5.12. The van der Waals surface area contributed by atoms with E-state index in [1.807, 2.05) is 9.80 Å². The second-order valence-electron chi connectivity index (χ2n) is 6.20. The Hall–Kier alpha value is -1.44. The minimum Gasteiger partial charge on any atom is -0.480 e. The summed E-state index contributed by atoms with van der Waals surface area (Å²) >= 11 is 1.76. The van der Waals surface area contributed by atoms with Gasteiger partial charge in [0.05, 0.1) is 6.54 Å². The molecule has 126 valence electrons. The van der Waals surface area contributed by atoms with Crippen LogP contribution in [0.2, 0.25) is 0 Å². The van der Waals surface area contributed by atoms with E-state index in [1.54, 1.807) is 11.3 Å². The lowest BCUT2D eigenvalue weighted by Crippen LogP contribution is -2.51. The quantitative estimate of drug-likeness (QED) is 0.866. The molecule has 23 heavy (non-hydrogen) atoms. The van der Waals surface area contributed by atoms with E-state index in [0.29, 0.717) is 13.0 Å². The Morgan fingerprint density at radius 1 is 1.22 bits per heavy atom. The summed E-state index contributed by atoms with van der Waals surface area (Å²) in [7, 11) is 0. The molecule has 1 aromatic heterocycles. The molecule has 2 aliphatic heterocycles. The average molecular weight is 337 g/mol. The smallest absolute Gasteiger partial charge is 0.320 e. The van der Waals surface area contributed by atoms with Crippen molar-refractivity contribution >= 4 is 23.2 Å². The summed E-state index contributed by atoms with van der Waals surface area (Å²) in [5.74, 6) is -0.745. The van der Waals surface area contributed by atoms with Gasteiger partial charge in [0.15, 0.2) is 0 Å². The highest BCUT2D eigenvalue weighted by atomic mass is 32.1. The molecule has 0 unspecified atom stereocenters. The van der Waals surface area contributed by atoms with Crippen LogP contribution >= 0.6 is 11.3 Å². The van der Waals surface area contributed by atoms with E-state index in [1.165, 1.54) is 4.88 Å². The molecule has 0 saturated carbocycles. The van der Waals surface area contributed by atoms with E-state index in [4.69, 9.17) is 0 Å². The zero-order valence-corrected chi connectivity index (χ0v) is 14.0. The third-order valence-electron chi connectivity index (χ3n) is 4.67. The van der Waals surface area contributed by atoms with E-state index in [2.05, 4.69) is 22.4 Å². The van der Waals surface area contributed by atoms with Gasteiger partial charge in [0, 0.05) is 37.6 Å². The normalized spacial score (nSPS) is 23.3. The minimum atomic E-state index is -0.809. The van der Waals surface area contributed by atoms with E-state index < -0.39 is 12.0 Å². The topological polar surface area (TPSA) is 64.1 Å². The minimum absolute atomic E-state index is 0.0638. The fourth-order valence-electron chi connectivity index (χ4n) is 3.35. The van der Waals surface area contributed by atoms with Crippen LogP contribution in [0.25, 0.3) is 0 Å². The van der Waals surface area contributed by atoms with Crippen molar-refractivity contribution in [2.75, 3.05) is 39.3 Å². The summed E-state index contributed by atoms with van der Waals surface area (Å²) in [4.78, 5) is 31.0. The first-order valence-electron chi connectivity index (χ1n) is 8.13. The van der Waals surface area contributed by atoms with Crippen LogP contribution in [0, 0.1) is 0 Å². The highest BCUT2D eigenvalue weighted by Gasteiger charge is 2.33. The molecular formula is C16H23N3O3S. The van der Waals surface area contributed by atoms with Crippen LogP contribution in [-0.4, -0.2) is 77.0 Å². The summed E-state index contributed by atoms with van der Waals surface area (Å²) in [5, 5.41) is 11.3. The Balaban J connectivity index is 1.45. The van der Waals surface area contributed by atoms with Gasteiger partial charge in [-0.25, -0.2) is 0 Å². The van der Waals surface area contributed by atoms with Crippen LogP contribution in [0.1, 0.15) is 17.7 Å². The first kappa shape index (κ1) is 16.4. The van der Waals surface area contributed by atoms with Gasteiger partial charge in [-0.2, -0.15) is 0 Å². The lowest BCUT2D eigenvalue weighted by Gasteiger charge is -2.35. The zero-order chi connectivity index (χ0) is 16.2. The Kier molecular flexibility index (Phi) is 5.30. The van der Waals surface area contributed by atoms with E-state index in [9.17, 15) is 14.7 Å². The standard InChI is InChI=1S/C16H23N3O3S/c20-15(12-19-5-1-4-14(19)16(21)22)18-8-6-17(7-9-18)11-13-3-2-10-23-13/h2-3,10,14H,1,4-9,11-12H2,(H,21,22)/t14-/m1/s1. The molecule has 2 aliphatic rings. The van der Waals surface area contributed by atoms with Gasteiger partial charge < -0.3 is 10.0 Å². The second-order valence-corrected chi connectivity index (χ2v) is 7.24. The summed E-state index contributed by atoms with van der Waals surface area (Å²) in [5.41, 5.74) is 0. The van der Waals surface area contributed by atoms with E-state index in [0.717, 1.165) is 39.1 Å². The maximum absolute atomic E-state index is 12.4. The van der Waals surface area contributed by atoms with Crippen molar-refractivity contribution in [3.63, 3.8) is 0 Å². The third kappa shape index (κ3) is 4.10. The molecule has 0 aromatic carbocycles. The van der Waals surface area contributed by atoms with Crippen molar-refractivity contribution in [2.45, 2.75) is 25.4 Å². The van der Waals surface area contributed by atoms with Gasteiger partial charge in [-0.05, 0) is 30.8 Å². The molecule has 6 nitrogen and oxygen atoms in total. The maximum atomic E-state index is 12.4. The van der Waals surface area contributed by atoms with Gasteiger partial charge in [0.1, 0.15) is 6.04 Å². The molecule has 0 radical (unpaired) electrons. The van der Waals surface area contributed by atoms with Crippen LogP contribution in [-0.2, 0) is 16.1 Å². The van der Waals surface area contributed by atoms with E-state index >= 15 is 0 Å². The molecule has 0 aliphatic carbocycles. The van der Waals surface area contributed by atoms with Crippen molar-refractivity contribution in [3.8, 4) is 0 Å². The first-order chi connectivity index (χ1) is 11.1. The monoisotopic (exact) mass is 337 g/mol. The Morgan fingerprint density at radius 3 is 2.65 bits per heavy atom. The molecule has 2 fully saturated rings. The van der Waals surface area contributed by atoms with Gasteiger partial charge in [0.25, 0.3) is 0 Å². The van der Waals surface area contributed by atoms with Crippen molar-refractivity contribution in [3.05, 3.63) is 22.4 Å². The number of carboxylic acids is 1. The number of thiophene rings is 1. The molecule has 1 amide bonds. The van der Waals surface area contributed by atoms with Gasteiger partial charge >= 0.3 is 5.97 Å². The Morgan fingerprint density at radius 2 is 2.00 bits per heavy atom. The van der Waals surface area contributed by atoms with Crippen LogP contribution < -0.4 is 0 Å². The SMILES string of the molecule is O=C(O)[C@H]1CCCN1CC(=O)N1CCN(Cc2cccs2)CC1. The largest absolute Gasteiger partial charge is 0.480 e. The molecule has 3 heterocycles. The number of carbonyl (C=O) groups is 2. The zero-order valence-electron chi connectivity index (χ0n) is 13.2. The molecule has 1 atom stereocenters. The second kappa shape index (κ2) is 7.42. The number of hydrogen-bond donors (Lipinski definition) is 1. The molecule has 1 N–H and O–H groups in total. The number of carbonyl (C=O) groups excluding carboxylic acids is 1. The van der Waals surface area contributed by atoms with Crippen molar-refractivity contribution in [1.29, 1.82) is 0 Å². The van der Waals surface area contributed by atoms with Crippen molar-refractivity contribution in [2.24, 2.45) is 0 Å². The van der Waals surface area contributed by atoms with Gasteiger partial charge in [-0.1, -0.05) is 6.07 Å². The summed E-state index contributed by atoms with van der Waals surface area (Å²) in [6, 6.07) is 3.72. The molecule has 2 saturated heterocycles. The number of hydrogen-bond acceptors (Lipinski definition) is 5. The fourth-order valence-corrected chi connectivity index (χ4v) is 4.09. The molecule has 7 heteroatoms. The average Bonchev–Trinajstić information content (AvgIpc) is 3.19. The van der Waals surface area contributed by atoms with Gasteiger partial charge in [-0.15, -0.1) is 11.3 Å². The van der Waals surface area contributed by atoms with Crippen LogP contribution in [0.15, 0.2) is 17.5 Å². The van der Waals surface area contributed by atoms with Crippen molar-refractivity contribution < 1.29 is 14.7 Å². The number of amides is 1. The summed E-state index contributed by atoms with van der Waals surface area (Å²) < 4.78 is 0. The van der Waals surface area contributed by atoms with Gasteiger partial charge in [-0.3, -0.25) is 19.4 Å². The number of piperazine rings is 1. The van der Waals surface area contributed by atoms with Crippen molar-refractivity contribution in [1.82, 2.24) is 14.7 Å². The number of nitrogens with zero attached hydrogens (tertiary/aromatic N) is 3. The number of carboxylic acid groups (broad SMARTS) is 1. The fraction of sp³-hybridized carbons (Fsp3) is 0.625. The van der Waals surface area contributed by atoms with E-state index in [-0.39, 0.29) is 12.5 Å². The third-order valence-corrected chi connectivity index (χ3v) is 5.53. The highest BCUT2D eigenvalue weighted by Crippen LogP contribution is 2.18. The van der Waals surface area contributed by atoms with Crippen LogP contribution in [0.4, 0.5) is 0 Å². The molecular weight excluding hydrogens is 314 g/mol. The molecule has 0 bridgehead atoms. The molecule has 1 aromatic rings. The summed E-state index contributed by atoms with van der Waals surface area (Å²) in [6.07, 6.45) is 1.51.